The van der Waals surface area contributed by atoms with E-state index in [9.17, 15) is 14.4 Å². The van der Waals surface area contributed by atoms with Gasteiger partial charge in [-0.3, -0.25) is 14.4 Å². The highest BCUT2D eigenvalue weighted by molar-refractivity contribution is 5.71. The van der Waals surface area contributed by atoms with E-state index in [1.807, 2.05) is 0 Å². The van der Waals surface area contributed by atoms with Gasteiger partial charge in [0.25, 0.3) is 0 Å². The highest BCUT2D eigenvalue weighted by Gasteiger charge is 2.19. The van der Waals surface area contributed by atoms with Crippen LogP contribution in [0.15, 0.2) is 97.2 Å². The van der Waals surface area contributed by atoms with E-state index >= 15 is 0 Å². The van der Waals surface area contributed by atoms with Gasteiger partial charge >= 0.3 is 17.9 Å². The molecular formula is C63H106O6. The maximum atomic E-state index is 12.8. The first kappa shape index (κ1) is 65.3. The monoisotopic (exact) mass is 959 g/mol. The molecule has 0 aliphatic carbocycles. The van der Waals surface area contributed by atoms with Gasteiger partial charge in [-0.1, -0.05) is 246 Å². The van der Waals surface area contributed by atoms with Crippen molar-refractivity contribution in [1.29, 1.82) is 0 Å². The molecule has 0 saturated carbocycles. The summed E-state index contributed by atoms with van der Waals surface area (Å²) in [6, 6.07) is 0. The predicted molar refractivity (Wildman–Crippen MR) is 297 cm³/mol. The number of esters is 3. The molecule has 0 radical (unpaired) electrons. The number of allylic oxidation sites excluding steroid dienone is 16. The molecule has 0 aliphatic rings. The van der Waals surface area contributed by atoms with Crippen molar-refractivity contribution >= 4 is 17.9 Å². The van der Waals surface area contributed by atoms with E-state index in [0.717, 1.165) is 135 Å². The fourth-order valence-electron chi connectivity index (χ4n) is 7.76. The molecule has 0 aromatic rings. The number of hydrogen-bond acceptors (Lipinski definition) is 6. The molecule has 0 rings (SSSR count). The van der Waals surface area contributed by atoms with Crippen molar-refractivity contribution in [1.82, 2.24) is 0 Å². The van der Waals surface area contributed by atoms with Crippen LogP contribution in [0.1, 0.15) is 265 Å². The third kappa shape index (κ3) is 55.1. The molecule has 0 N–H and O–H groups in total. The molecule has 69 heavy (non-hydrogen) atoms. The van der Waals surface area contributed by atoms with Crippen molar-refractivity contribution in [2.45, 2.75) is 271 Å². The molecule has 394 valence electrons. The summed E-state index contributed by atoms with van der Waals surface area (Å²) in [6.07, 6.45) is 75.3. The Morgan fingerprint density at radius 1 is 0.304 bits per heavy atom. The minimum atomic E-state index is -0.795. The molecule has 0 heterocycles. The van der Waals surface area contributed by atoms with Crippen molar-refractivity contribution in [3.63, 3.8) is 0 Å². The summed E-state index contributed by atoms with van der Waals surface area (Å²) < 4.78 is 16.8. The smallest absolute Gasteiger partial charge is 0.306 e. The van der Waals surface area contributed by atoms with Gasteiger partial charge in [-0.2, -0.15) is 0 Å². The first-order valence-electron chi connectivity index (χ1n) is 28.7. The third-order valence-corrected chi connectivity index (χ3v) is 12.1. The lowest BCUT2D eigenvalue weighted by atomic mass is 10.0. The summed E-state index contributed by atoms with van der Waals surface area (Å²) in [4.78, 5) is 38.1. The Balaban J connectivity index is 4.42. The Morgan fingerprint density at radius 2 is 0.580 bits per heavy atom. The summed E-state index contributed by atoms with van der Waals surface area (Å²) >= 11 is 0. The molecule has 0 aromatic heterocycles. The number of ether oxygens (including phenoxy) is 3. The van der Waals surface area contributed by atoms with E-state index in [-0.39, 0.29) is 31.1 Å². The second-order valence-electron chi connectivity index (χ2n) is 18.8. The number of rotatable bonds is 51. The molecule has 6 heteroatoms. The SMILES string of the molecule is CC/C=C\C/C=C\C/C=C\C/C=C\C/C=C\C/C=C\CCCCCCC(=O)OCC(COC(=O)CCCCCCCCCCCCCCCC)OC(=O)CCCCCCC/C=C\C/C=C\CCCC. The van der Waals surface area contributed by atoms with Gasteiger partial charge in [0.05, 0.1) is 0 Å². The molecular weight excluding hydrogens is 853 g/mol. The number of unbranched alkanes of at least 4 members (excludes halogenated alkanes) is 24. The van der Waals surface area contributed by atoms with Gasteiger partial charge in [0.1, 0.15) is 13.2 Å². The normalized spacial score (nSPS) is 12.8. The van der Waals surface area contributed by atoms with Gasteiger partial charge in [0, 0.05) is 19.3 Å². The Kier molecular flexibility index (Phi) is 53.9. The predicted octanol–water partition coefficient (Wildman–Crippen LogP) is 19.3. The first-order valence-corrected chi connectivity index (χ1v) is 28.7. The second-order valence-corrected chi connectivity index (χ2v) is 18.8. The van der Waals surface area contributed by atoms with Crippen molar-refractivity contribution in [2.75, 3.05) is 13.2 Å². The number of carbonyl (C=O) groups excluding carboxylic acids is 3. The topological polar surface area (TPSA) is 78.9 Å². The van der Waals surface area contributed by atoms with Gasteiger partial charge in [-0.15, -0.1) is 0 Å². The average Bonchev–Trinajstić information content (AvgIpc) is 3.35. The average molecular weight is 960 g/mol. The molecule has 0 saturated heterocycles. The fourth-order valence-corrected chi connectivity index (χ4v) is 7.76. The lowest BCUT2D eigenvalue weighted by Crippen LogP contribution is -2.30. The Labute approximate surface area is 426 Å². The summed E-state index contributed by atoms with van der Waals surface area (Å²) in [5.74, 6) is -0.926. The van der Waals surface area contributed by atoms with Crippen LogP contribution < -0.4 is 0 Å². The van der Waals surface area contributed by atoms with Crippen molar-refractivity contribution in [3.05, 3.63) is 97.2 Å². The summed E-state index contributed by atoms with van der Waals surface area (Å²) in [7, 11) is 0. The van der Waals surface area contributed by atoms with Crippen molar-refractivity contribution in [3.8, 4) is 0 Å². The van der Waals surface area contributed by atoms with E-state index in [1.54, 1.807) is 0 Å². The van der Waals surface area contributed by atoms with Crippen molar-refractivity contribution < 1.29 is 28.6 Å². The molecule has 1 unspecified atom stereocenters. The van der Waals surface area contributed by atoms with Crippen LogP contribution in [0.25, 0.3) is 0 Å². The zero-order valence-electron chi connectivity index (χ0n) is 45.0. The highest BCUT2D eigenvalue weighted by atomic mass is 16.6. The van der Waals surface area contributed by atoms with E-state index in [4.69, 9.17) is 14.2 Å². The summed E-state index contributed by atoms with van der Waals surface area (Å²) in [6.45, 7) is 6.46. The van der Waals surface area contributed by atoms with Gasteiger partial charge in [0.2, 0.25) is 0 Å². The Hall–Kier alpha value is -3.67. The van der Waals surface area contributed by atoms with Gasteiger partial charge < -0.3 is 14.2 Å². The van der Waals surface area contributed by atoms with Crippen LogP contribution in [-0.2, 0) is 28.6 Å². The van der Waals surface area contributed by atoms with Crippen LogP contribution in [0.2, 0.25) is 0 Å². The largest absolute Gasteiger partial charge is 0.462 e. The Morgan fingerprint density at radius 3 is 0.928 bits per heavy atom. The lowest BCUT2D eigenvalue weighted by Gasteiger charge is -2.18. The van der Waals surface area contributed by atoms with Crippen LogP contribution in [0.5, 0.6) is 0 Å². The van der Waals surface area contributed by atoms with Gasteiger partial charge in [0.15, 0.2) is 6.10 Å². The first-order chi connectivity index (χ1) is 34.0. The van der Waals surface area contributed by atoms with Crippen LogP contribution >= 0.6 is 0 Å². The molecule has 0 fully saturated rings. The molecule has 0 amide bonds. The third-order valence-electron chi connectivity index (χ3n) is 12.1. The Bertz CT molecular complexity index is 1380. The van der Waals surface area contributed by atoms with Gasteiger partial charge in [-0.25, -0.2) is 0 Å². The zero-order chi connectivity index (χ0) is 50.0. The van der Waals surface area contributed by atoms with Crippen LogP contribution in [0.3, 0.4) is 0 Å². The van der Waals surface area contributed by atoms with Crippen LogP contribution in [0, 0.1) is 0 Å². The number of carbonyl (C=O) groups is 3. The molecule has 1 atom stereocenters. The van der Waals surface area contributed by atoms with Crippen molar-refractivity contribution in [2.24, 2.45) is 0 Å². The summed E-state index contributed by atoms with van der Waals surface area (Å²) in [5, 5.41) is 0. The maximum Gasteiger partial charge on any atom is 0.306 e. The maximum absolute atomic E-state index is 12.8. The van der Waals surface area contributed by atoms with E-state index in [2.05, 4.69) is 118 Å². The fraction of sp³-hybridized carbons (Fsp3) is 0.698. The van der Waals surface area contributed by atoms with E-state index in [1.165, 1.54) is 89.9 Å². The molecule has 6 nitrogen and oxygen atoms in total. The molecule has 0 aliphatic heterocycles. The molecule has 0 aromatic carbocycles. The van der Waals surface area contributed by atoms with Crippen LogP contribution in [0.4, 0.5) is 0 Å². The highest BCUT2D eigenvalue weighted by Crippen LogP contribution is 2.15. The zero-order valence-corrected chi connectivity index (χ0v) is 45.0. The quantitative estimate of drug-likeness (QED) is 0.0262. The second kappa shape index (κ2) is 56.9. The van der Waals surface area contributed by atoms with E-state index < -0.39 is 6.10 Å². The number of hydrogen-bond donors (Lipinski definition) is 0. The van der Waals surface area contributed by atoms with E-state index in [0.29, 0.717) is 19.3 Å². The van der Waals surface area contributed by atoms with Gasteiger partial charge in [-0.05, 0) is 96.3 Å². The lowest BCUT2D eigenvalue weighted by molar-refractivity contribution is -0.167. The minimum Gasteiger partial charge on any atom is -0.462 e. The standard InChI is InChI=1S/C63H106O6/c1-4-7-10-13-16-19-22-25-28-29-30-31-32-33-34-35-36-39-41-44-47-50-53-56-62(65)68-59-60(69-63(66)57-54-51-48-45-42-38-27-24-21-18-15-12-9-6-3)58-67-61(64)55-52-49-46-43-40-37-26-23-20-17-14-11-8-5-2/h7,10,15-16,18-19,24-25,27-28,30-31,33-34,36,39,60H,4-6,8-9,11-14,17,20-23,26,29,32,35,37-38,40-59H2,1-3H3/b10-7-,18-15-,19-16-,27-24-,28-25-,31-30-,34-33-,39-36-. The van der Waals surface area contributed by atoms with Crippen LogP contribution in [-0.4, -0.2) is 37.2 Å². The molecule has 0 spiro atoms. The minimum absolute atomic E-state index is 0.0902. The summed E-state index contributed by atoms with van der Waals surface area (Å²) in [5.41, 5.74) is 0. The molecule has 0 bridgehead atoms.